The number of halogens is 1. The van der Waals surface area contributed by atoms with E-state index in [1.165, 1.54) is 18.5 Å². The number of aromatic carboxylic acids is 1. The molecule has 2 rings (SSSR count). The Hall–Kier alpha value is -1.82. The van der Waals surface area contributed by atoms with Crippen LogP contribution in [-0.4, -0.2) is 16.1 Å². The minimum Gasteiger partial charge on any atom is -0.486 e. The molecule has 0 saturated carbocycles. The molecule has 0 bridgehead atoms. The summed E-state index contributed by atoms with van der Waals surface area (Å²) in [6, 6.07) is 4.59. The lowest BCUT2D eigenvalue weighted by atomic mass is 10.2. The molecule has 6 heteroatoms. The van der Waals surface area contributed by atoms with E-state index in [0.29, 0.717) is 21.7 Å². The Bertz CT molecular complexity index is 579. The predicted molar refractivity (Wildman–Crippen MR) is 66.7 cm³/mol. The van der Waals surface area contributed by atoms with Crippen molar-refractivity contribution in [3.05, 3.63) is 46.1 Å². The Morgan fingerprint density at radius 3 is 2.94 bits per heavy atom. The molecular formula is C12H10BrNO4. The fourth-order valence-electron chi connectivity index (χ4n) is 1.36. The van der Waals surface area contributed by atoms with E-state index in [1.807, 2.05) is 0 Å². The first-order chi connectivity index (χ1) is 8.58. The van der Waals surface area contributed by atoms with Crippen LogP contribution in [0, 0.1) is 6.92 Å². The van der Waals surface area contributed by atoms with Gasteiger partial charge in [0.2, 0.25) is 0 Å². The van der Waals surface area contributed by atoms with Crippen LogP contribution in [0.25, 0.3) is 0 Å². The standard InChI is InChI=1S/C12H10BrNO4/c1-7-10(14-6-18-7)5-17-11-4-8(12(15)16)2-3-9(11)13/h2-4,6H,5H2,1H3,(H,15,16). The molecule has 0 amide bonds. The van der Waals surface area contributed by atoms with Crippen LogP contribution in [0.2, 0.25) is 0 Å². The maximum atomic E-state index is 10.9. The van der Waals surface area contributed by atoms with Gasteiger partial charge in [0, 0.05) is 0 Å². The molecule has 0 aliphatic heterocycles. The Labute approximate surface area is 112 Å². The third kappa shape index (κ3) is 2.70. The van der Waals surface area contributed by atoms with Gasteiger partial charge >= 0.3 is 5.97 Å². The number of carbonyl (C=O) groups is 1. The highest BCUT2D eigenvalue weighted by molar-refractivity contribution is 9.10. The fourth-order valence-corrected chi connectivity index (χ4v) is 1.72. The van der Waals surface area contributed by atoms with Crippen LogP contribution in [-0.2, 0) is 6.61 Å². The van der Waals surface area contributed by atoms with Crippen molar-refractivity contribution in [1.82, 2.24) is 4.98 Å². The third-order valence-electron chi connectivity index (χ3n) is 2.39. The monoisotopic (exact) mass is 311 g/mol. The molecule has 0 saturated heterocycles. The second-order valence-corrected chi connectivity index (χ2v) is 4.45. The van der Waals surface area contributed by atoms with Gasteiger partial charge in [0.15, 0.2) is 6.39 Å². The van der Waals surface area contributed by atoms with Crippen molar-refractivity contribution in [2.75, 3.05) is 0 Å². The molecule has 0 unspecified atom stereocenters. The average Bonchev–Trinajstić information content (AvgIpc) is 2.73. The summed E-state index contributed by atoms with van der Waals surface area (Å²) < 4.78 is 11.3. The largest absolute Gasteiger partial charge is 0.486 e. The Kier molecular flexibility index (Phi) is 3.66. The second-order valence-electron chi connectivity index (χ2n) is 3.59. The van der Waals surface area contributed by atoms with Crippen LogP contribution in [0.5, 0.6) is 5.75 Å². The first kappa shape index (κ1) is 12.6. The van der Waals surface area contributed by atoms with Gasteiger partial charge in [-0.3, -0.25) is 0 Å². The Morgan fingerprint density at radius 1 is 1.56 bits per heavy atom. The molecule has 94 valence electrons. The molecule has 0 fully saturated rings. The van der Waals surface area contributed by atoms with Crippen molar-refractivity contribution in [3.63, 3.8) is 0 Å². The lowest BCUT2D eigenvalue weighted by molar-refractivity contribution is 0.0696. The van der Waals surface area contributed by atoms with E-state index in [1.54, 1.807) is 13.0 Å². The molecule has 1 aromatic carbocycles. The van der Waals surface area contributed by atoms with Crippen LogP contribution in [0.3, 0.4) is 0 Å². The molecule has 18 heavy (non-hydrogen) atoms. The topological polar surface area (TPSA) is 72.6 Å². The number of hydrogen-bond donors (Lipinski definition) is 1. The molecular weight excluding hydrogens is 302 g/mol. The number of nitrogens with zero attached hydrogens (tertiary/aromatic N) is 1. The lowest BCUT2D eigenvalue weighted by Crippen LogP contribution is -2.01. The Morgan fingerprint density at radius 2 is 2.33 bits per heavy atom. The molecule has 0 atom stereocenters. The van der Waals surface area contributed by atoms with Gasteiger partial charge in [0.1, 0.15) is 23.8 Å². The van der Waals surface area contributed by atoms with E-state index in [0.717, 1.165) is 0 Å². The number of carboxylic acids is 1. The van der Waals surface area contributed by atoms with E-state index in [-0.39, 0.29) is 12.2 Å². The van der Waals surface area contributed by atoms with Crippen molar-refractivity contribution in [3.8, 4) is 5.75 Å². The van der Waals surface area contributed by atoms with Gasteiger partial charge in [-0.25, -0.2) is 9.78 Å². The number of carboxylic acid groups (broad SMARTS) is 1. The Balaban J connectivity index is 2.16. The maximum absolute atomic E-state index is 10.9. The summed E-state index contributed by atoms with van der Waals surface area (Å²) in [5.41, 5.74) is 0.854. The van der Waals surface area contributed by atoms with E-state index >= 15 is 0 Å². The van der Waals surface area contributed by atoms with Crippen LogP contribution >= 0.6 is 15.9 Å². The highest BCUT2D eigenvalue weighted by Crippen LogP contribution is 2.27. The summed E-state index contributed by atoms with van der Waals surface area (Å²) in [5, 5.41) is 8.90. The van der Waals surface area contributed by atoms with Gasteiger partial charge in [0.25, 0.3) is 0 Å². The second kappa shape index (κ2) is 5.22. The highest BCUT2D eigenvalue weighted by Gasteiger charge is 2.10. The smallest absolute Gasteiger partial charge is 0.335 e. The molecule has 0 aliphatic carbocycles. The van der Waals surface area contributed by atoms with Crippen LogP contribution in [0.4, 0.5) is 0 Å². The van der Waals surface area contributed by atoms with Gasteiger partial charge in [-0.05, 0) is 41.1 Å². The number of ether oxygens (including phenoxy) is 1. The fraction of sp³-hybridized carbons (Fsp3) is 0.167. The minimum absolute atomic E-state index is 0.171. The number of aryl methyl sites for hydroxylation is 1. The molecule has 0 spiro atoms. The summed E-state index contributed by atoms with van der Waals surface area (Å²) in [6.45, 7) is 2.01. The predicted octanol–water partition coefficient (Wildman–Crippen LogP) is 3.02. The molecule has 5 nitrogen and oxygen atoms in total. The first-order valence-electron chi connectivity index (χ1n) is 5.12. The number of hydrogen-bond acceptors (Lipinski definition) is 4. The molecule has 1 aromatic heterocycles. The van der Waals surface area contributed by atoms with Gasteiger partial charge in [-0.2, -0.15) is 0 Å². The van der Waals surface area contributed by atoms with Crippen molar-refractivity contribution in [2.24, 2.45) is 0 Å². The van der Waals surface area contributed by atoms with Crippen molar-refractivity contribution in [1.29, 1.82) is 0 Å². The summed E-state index contributed by atoms with van der Waals surface area (Å²) in [4.78, 5) is 14.8. The maximum Gasteiger partial charge on any atom is 0.335 e. The van der Waals surface area contributed by atoms with Gasteiger partial charge in [0.05, 0.1) is 10.0 Å². The van der Waals surface area contributed by atoms with E-state index in [4.69, 9.17) is 14.3 Å². The zero-order chi connectivity index (χ0) is 13.1. The van der Waals surface area contributed by atoms with Crippen molar-refractivity contribution in [2.45, 2.75) is 13.5 Å². The average molecular weight is 312 g/mol. The van der Waals surface area contributed by atoms with Gasteiger partial charge in [-0.1, -0.05) is 0 Å². The number of rotatable bonds is 4. The summed E-state index contributed by atoms with van der Waals surface area (Å²) in [6.07, 6.45) is 1.34. The van der Waals surface area contributed by atoms with E-state index in [9.17, 15) is 4.79 Å². The third-order valence-corrected chi connectivity index (χ3v) is 3.04. The van der Waals surface area contributed by atoms with E-state index < -0.39 is 5.97 Å². The molecule has 2 aromatic rings. The normalized spacial score (nSPS) is 10.3. The number of aromatic nitrogens is 1. The SMILES string of the molecule is Cc1ocnc1COc1cc(C(=O)O)ccc1Br. The van der Waals surface area contributed by atoms with Crippen LogP contribution in [0.15, 0.2) is 33.5 Å². The summed E-state index contributed by atoms with van der Waals surface area (Å²) >= 11 is 3.30. The molecule has 1 heterocycles. The van der Waals surface area contributed by atoms with Crippen molar-refractivity contribution >= 4 is 21.9 Å². The quantitative estimate of drug-likeness (QED) is 0.939. The zero-order valence-corrected chi connectivity index (χ0v) is 11.1. The summed E-state index contributed by atoms with van der Waals surface area (Å²) in [7, 11) is 0. The first-order valence-corrected chi connectivity index (χ1v) is 5.92. The molecule has 0 aliphatic rings. The molecule has 0 radical (unpaired) electrons. The van der Waals surface area contributed by atoms with Gasteiger partial charge < -0.3 is 14.3 Å². The van der Waals surface area contributed by atoms with E-state index in [2.05, 4.69) is 20.9 Å². The van der Waals surface area contributed by atoms with Crippen LogP contribution in [0.1, 0.15) is 21.8 Å². The van der Waals surface area contributed by atoms with Gasteiger partial charge in [-0.15, -0.1) is 0 Å². The highest BCUT2D eigenvalue weighted by atomic mass is 79.9. The summed E-state index contributed by atoms with van der Waals surface area (Å²) in [5.74, 6) is 0.141. The number of benzene rings is 1. The molecule has 1 N–H and O–H groups in total. The van der Waals surface area contributed by atoms with Crippen molar-refractivity contribution < 1.29 is 19.1 Å². The lowest BCUT2D eigenvalue weighted by Gasteiger charge is -2.07. The minimum atomic E-state index is -0.995. The van der Waals surface area contributed by atoms with Crippen LogP contribution < -0.4 is 4.74 Å². The zero-order valence-electron chi connectivity index (χ0n) is 9.51. The number of oxazole rings is 1.